The van der Waals surface area contributed by atoms with E-state index in [9.17, 15) is 4.79 Å². The summed E-state index contributed by atoms with van der Waals surface area (Å²) in [5.74, 6) is -0.444. The average Bonchev–Trinajstić information content (AvgIpc) is 2.26. The molecule has 0 saturated heterocycles. The summed E-state index contributed by atoms with van der Waals surface area (Å²) in [7, 11) is 2.80. The van der Waals surface area contributed by atoms with Crippen LogP contribution in [0.5, 0.6) is 0 Å². The number of rotatable bonds is 3. The third-order valence-electron chi connectivity index (χ3n) is 1.93. The molecule has 0 aromatic rings. The summed E-state index contributed by atoms with van der Waals surface area (Å²) in [6, 6.07) is 0. The lowest BCUT2D eigenvalue weighted by molar-refractivity contribution is -0.135. The van der Waals surface area contributed by atoms with E-state index in [4.69, 9.17) is 17.0 Å². The Morgan fingerprint density at radius 3 is 2.80 bits per heavy atom. The monoisotopic (exact) mass is 224 g/mol. The third-order valence-corrected chi connectivity index (χ3v) is 2.32. The second-order valence-electron chi connectivity index (χ2n) is 2.89. The normalized spacial score (nSPS) is 16.0. The largest absolute Gasteiger partial charge is 0.503 e. The standard InChI is InChI=1S/C11H12O3S/c1-13-7-9(11(12)14-2)8-5-3-4-6-10(8)15/h3-5,7H,6H2,1-2H3. The molecule has 0 radical (unpaired) electrons. The van der Waals surface area contributed by atoms with Gasteiger partial charge >= 0.3 is 5.97 Å². The van der Waals surface area contributed by atoms with Gasteiger partial charge in [-0.05, 0) is 0 Å². The molecule has 0 heterocycles. The van der Waals surface area contributed by atoms with Crippen LogP contribution in [0.1, 0.15) is 6.42 Å². The second kappa shape index (κ2) is 5.46. The maximum absolute atomic E-state index is 11.5. The minimum absolute atomic E-state index is 0.356. The fraction of sp³-hybridized carbons (Fsp3) is 0.273. The molecule has 4 heteroatoms. The highest BCUT2D eigenvalue weighted by Crippen LogP contribution is 2.19. The van der Waals surface area contributed by atoms with E-state index >= 15 is 0 Å². The molecule has 0 spiro atoms. The number of allylic oxidation sites excluding steroid dienone is 3. The topological polar surface area (TPSA) is 35.5 Å². The van der Waals surface area contributed by atoms with Gasteiger partial charge in [0, 0.05) is 16.9 Å². The maximum Gasteiger partial charge on any atom is 0.341 e. The van der Waals surface area contributed by atoms with E-state index in [1.807, 2.05) is 12.2 Å². The molecule has 1 aliphatic rings. The summed E-state index contributed by atoms with van der Waals surface area (Å²) in [5, 5.41) is 0. The molecule has 1 aliphatic carbocycles. The third kappa shape index (κ3) is 2.76. The number of thiocarbonyl (C=S) groups is 1. The summed E-state index contributed by atoms with van der Waals surface area (Å²) in [4.78, 5) is 12.2. The van der Waals surface area contributed by atoms with Crippen LogP contribution in [0.15, 0.2) is 35.6 Å². The molecule has 3 nitrogen and oxygen atoms in total. The van der Waals surface area contributed by atoms with Crippen molar-refractivity contribution in [1.82, 2.24) is 0 Å². The van der Waals surface area contributed by atoms with E-state index in [1.165, 1.54) is 20.5 Å². The Hall–Kier alpha value is -1.42. The fourth-order valence-electron chi connectivity index (χ4n) is 1.23. The predicted octanol–water partition coefficient (Wildman–Crippen LogP) is 1.95. The molecule has 0 aliphatic heterocycles. The van der Waals surface area contributed by atoms with Gasteiger partial charge in [-0.15, -0.1) is 0 Å². The molecular formula is C11H12O3S. The number of hydrogen-bond acceptors (Lipinski definition) is 4. The lowest BCUT2D eigenvalue weighted by atomic mass is 9.98. The Bertz CT molecular complexity index is 364. The van der Waals surface area contributed by atoms with Crippen LogP contribution >= 0.6 is 12.2 Å². The van der Waals surface area contributed by atoms with Crippen molar-refractivity contribution >= 4 is 23.1 Å². The van der Waals surface area contributed by atoms with Crippen molar-refractivity contribution in [2.45, 2.75) is 6.42 Å². The predicted molar refractivity (Wildman–Crippen MR) is 61.5 cm³/mol. The van der Waals surface area contributed by atoms with Gasteiger partial charge in [0.25, 0.3) is 0 Å². The van der Waals surface area contributed by atoms with Crippen LogP contribution in [0.2, 0.25) is 0 Å². The van der Waals surface area contributed by atoms with E-state index in [-0.39, 0.29) is 0 Å². The zero-order chi connectivity index (χ0) is 11.3. The van der Waals surface area contributed by atoms with Crippen LogP contribution in [0.3, 0.4) is 0 Å². The molecule has 15 heavy (non-hydrogen) atoms. The number of carbonyl (C=O) groups is 1. The van der Waals surface area contributed by atoms with Gasteiger partial charge in [0.05, 0.1) is 20.5 Å². The summed E-state index contributed by atoms with van der Waals surface area (Å²) in [6.07, 6.45) is 7.60. The van der Waals surface area contributed by atoms with Crippen LogP contribution in [0, 0.1) is 0 Å². The van der Waals surface area contributed by atoms with E-state index in [1.54, 1.807) is 6.08 Å². The van der Waals surface area contributed by atoms with E-state index < -0.39 is 5.97 Å². The molecular weight excluding hydrogens is 212 g/mol. The highest BCUT2D eigenvalue weighted by Gasteiger charge is 2.19. The number of methoxy groups -OCH3 is 2. The van der Waals surface area contributed by atoms with Crippen LogP contribution in [-0.2, 0) is 14.3 Å². The van der Waals surface area contributed by atoms with Crippen molar-refractivity contribution in [3.8, 4) is 0 Å². The van der Waals surface area contributed by atoms with E-state index in [2.05, 4.69) is 4.74 Å². The van der Waals surface area contributed by atoms with Crippen LogP contribution < -0.4 is 0 Å². The molecule has 0 atom stereocenters. The minimum atomic E-state index is -0.444. The first kappa shape index (κ1) is 11.7. The van der Waals surface area contributed by atoms with Crippen molar-refractivity contribution in [2.75, 3.05) is 14.2 Å². The lowest BCUT2D eigenvalue weighted by Gasteiger charge is -2.12. The van der Waals surface area contributed by atoms with Crippen LogP contribution in [0.25, 0.3) is 0 Å². The van der Waals surface area contributed by atoms with Crippen LogP contribution in [0.4, 0.5) is 0 Å². The molecule has 0 aromatic carbocycles. The van der Waals surface area contributed by atoms with Gasteiger partial charge in [-0.25, -0.2) is 4.79 Å². The molecule has 0 unspecified atom stereocenters. The number of carbonyl (C=O) groups excluding carboxylic acids is 1. The van der Waals surface area contributed by atoms with Crippen molar-refractivity contribution < 1.29 is 14.3 Å². The van der Waals surface area contributed by atoms with Gasteiger partial charge < -0.3 is 9.47 Å². The van der Waals surface area contributed by atoms with Gasteiger partial charge in [0.1, 0.15) is 5.57 Å². The van der Waals surface area contributed by atoms with Gasteiger partial charge in [0.15, 0.2) is 0 Å². The van der Waals surface area contributed by atoms with E-state index in [0.29, 0.717) is 22.4 Å². The second-order valence-corrected chi connectivity index (χ2v) is 3.39. The number of ether oxygens (including phenoxy) is 2. The zero-order valence-electron chi connectivity index (χ0n) is 8.65. The van der Waals surface area contributed by atoms with E-state index in [0.717, 1.165) is 0 Å². The minimum Gasteiger partial charge on any atom is -0.503 e. The van der Waals surface area contributed by atoms with Crippen molar-refractivity contribution in [3.63, 3.8) is 0 Å². The zero-order valence-corrected chi connectivity index (χ0v) is 9.47. The molecule has 0 saturated carbocycles. The SMILES string of the molecule is COC=C(C(=O)OC)C1=CC=CCC1=S. The van der Waals surface area contributed by atoms with Gasteiger partial charge in [-0.1, -0.05) is 30.4 Å². The van der Waals surface area contributed by atoms with Gasteiger partial charge in [-0.2, -0.15) is 0 Å². The summed E-state index contributed by atoms with van der Waals surface area (Å²) in [5.41, 5.74) is 1.05. The Balaban J connectivity index is 3.04. The molecule has 1 rings (SSSR count). The average molecular weight is 224 g/mol. The summed E-state index contributed by atoms with van der Waals surface area (Å²) >= 11 is 5.16. The lowest BCUT2D eigenvalue weighted by Crippen LogP contribution is -2.13. The number of hydrogen-bond donors (Lipinski definition) is 0. The molecule has 0 bridgehead atoms. The molecule has 0 aromatic heterocycles. The fourth-order valence-corrected chi connectivity index (χ4v) is 1.51. The quantitative estimate of drug-likeness (QED) is 0.318. The highest BCUT2D eigenvalue weighted by atomic mass is 32.1. The van der Waals surface area contributed by atoms with Crippen molar-refractivity contribution in [3.05, 3.63) is 35.6 Å². The first-order valence-corrected chi connectivity index (χ1v) is 4.83. The van der Waals surface area contributed by atoms with Gasteiger partial charge in [-0.3, -0.25) is 0 Å². The Morgan fingerprint density at radius 2 is 2.27 bits per heavy atom. The van der Waals surface area contributed by atoms with Crippen molar-refractivity contribution in [2.24, 2.45) is 0 Å². The number of esters is 1. The highest BCUT2D eigenvalue weighted by molar-refractivity contribution is 7.80. The maximum atomic E-state index is 11.5. The van der Waals surface area contributed by atoms with Crippen LogP contribution in [-0.4, -0.2) is 25.1 Å². The molecule has 0 fully saturated rings. The first-order valence-electron chi connectivity index (χ1n) is 4.42. The van der Waals surface area contributed by atoms with Crippen molar-refractivity contribution in [1.29, 1.82) is 0 Å². The Morgan fingerprint density at radius 1 is 1.53 bits per heavy atom. The smallest absolute Gasteiger partial charge is 0.341 e. The first-order chi connectivity index (χ1) is 7.20. The Labute approximate surface area is 94.1 Å². The Kier molecular flexibility index (Phi) is 4.24. The summed E-state index contributed by atoms with van der Waals surface area (Å²) in [6.45, 7) is 0. The van der Waals surface area contributed by atoms with Gasteiger partial charge in [0.2, 0.25) is 0 Å². The molecule has 0 N–H and O–H groups in total. The molecule has 80 valence electrons. The molecule has 0 amide bonds. The summed E-state index contributed by atoms with van der Waals surface area (Å²) < 4.78 is 9.50.